The number of nitrogens with two attached hydrogens (primary N) is 2. The van der Waals surface area contributed by atoms with Gasteiger partial charge in [-0.2, -0.15) is 16.8 Å². The Labute approximate surface area is 106 Å². The minimum Gasteiger partial charge on any atom is -0.324 e. The molecule has 0 unspecified atom stereocenters. The zero-order valence-corrected chi connectivity index (χ0v) is 11.9. The van der Waals surface area contributed by atoms with Gasteiger partial charge in [0.1, 0.15) is 0 Å². The summed E-state index contributed by atoms with van der Waals surface area (Å²) < 4.78 is 58.9. The van der Waals surface area contributed by atoms with Crippen LogP contribution < -0.4 is 11.5 Å². The Morgan fingerprint density at radius 1 is 0.778 bits per heavy atom. The summed E-state index contributed by atoms with van der Waals surface area (Å²) in [6.45, 7) is 7.69. The first kappa shape index (κ1) is 20.0. The van der Waals surface area contributed by atoms with E-state index in [2.05, 4.69) is 8.67 Å². The van der Waals surface area contributed by atoms with Crippen molar-refractivity contribution in [2.24, 2.45) is 11.5 Å². The van der Waals surface area contributed by atoms with Crippen LogP contribution in [0.5, 0.6) is 0 Å². The van der Waals surface area contributed by atoms with Gasteiger partial charge in [0.05, 0.1) is 0 Å². The van der Waals surface area contributed by atoms with Crippen LogP contribution in [0.2, 0.25) is 0 Å². The van der Waals surface area contributed by atoms with Gasteiger partial charge in [-0.25, -0.2) is 0 Å². The van der Waals surface area contributed by atoms with Crippen molar-refractivity contribution in [3.63, 3.8) is 0 Å². The summed E-state index contributed by atoms with van der Waals surface area (Å²) in [4.78, 5) is 0. The van der Waals surface area contributed by atoms with Crippen molar-refractivity contribution in [2.45, 2.75) is 38.8 Å². The maximum absolute atomic E-state index is 9.51. The normalized spacial score (nSPS) is 13.8. The molecule has 0 aromatic rings. The van der Waals surface area contributed by atoms with Gasteiger partial charge in [0, 0.05) is 11.1 Å². The molecule has 0 aliphatic heterocycles. The third-order valence-corrected chi connectivity index (χ3v) is 2.43. The lowest BCUT2D eigenvalue weighted by molar-refractivity contribution is -0.105. The Morgan fingerprint density at radius 3 is 1.00 bits per heavy atom. The Kier molecular flexibility index (Phi) is 6.89. The number of hydrogen-bond acceptors (Lipinski definition) is 8. The lowest BCUT2D eigenvalue weighted by Gasteiger charge is -2.34. The monoisotopic (exact) mass is 310 g/mol. The van der Waals surface area contributed by atoms with E-state index in [9.17, 15) is 16.8 Å². The largest absolute Gasteiger partial charge is 0.425 e. The van der Waals surface area contributed by atoms with Crippen molar-refractivity contribution < 1.29 is 34.6 Å². The van der Waals surface area contributed by atoms with Gasteiger partial charge in [-0.1, -0.05) is 8.67 Å². The molecule has 0 heterocycles. The van der Waals surface area contributed by atoms with Gasteiger partial charge in [0.2, 0.25) is 0 Å². The third-order valence-electron chi connectivity index (χ3n) is 1.86. The zero-order chi connectivity index (χ0) is 15.4. The van der Waals surface area contributed by atoms with E-state index < -0.39 is 20.8 Å². The molecule has 0 rings (SSSR count). The van der Waals surface area contributed by atoms with Crippen molar-refractivity contribution in [3.8, 4) is 0 Å². The molecule has 0 spiro atoms. The highest BCUT2D eigenvalue weighted by Gasteiger charge is 2.28. The van der Waals surface area contributed by atoms with Gasteiger partial charge in [0.25, 0.3) is 0 Å². The Hall–Kier alpha value is -0.340. The van der Waals surface area contributed by atoms with Crippen LogP contribution in [0.15, 0.2) is 0 Å². The second kappa shape index (κ2) is 6.21. The fourth-order valence-corrected chi connectivity index (χ4v) is 0.632. The van der Waals surface area contributed by atoms with E-state index in [1.165, 1.54) is 0 Å². The second-order valence-corrected chi connectivity index (χ2v) is 6.42. The van der Waals surface area contributed by atoms with Gasteiger partial charge < -0.3 is 11.5 Å². The molecule has 0 fully saturated rings. The molecule has 0 saturated carbocycles. The number of hydrogen-bond donors (Lipinski definition) is 4. The summed E-state index contributed by atoms with van der Waals surface area (Å²) >= 11 is 0. The molecule has 6 N–H and O–H groups in total. The molecule has 0 radical (unpaired) electrons. The maximum Gasteiger partial charge on any atom is 0.425 e. The van der Waals surface area contributed by atoms with E-state index in [1.807, 2.05) is 27.7 Å². The van der Waals surface area contributed by atoms with Crippen molar-refractivity contribution >= 4 is 20.8 Å². The topological polar surface area (TPSA) is 179 Å². The highest BCUT2D eigenvalue weighted by molar-refractivity contribution is 7.83. The van der Waals surface area contributed by atoms with E-state index in [0.29, 0.717) is 0 Å². The Balaban J connectivity index is 0. The van der Waals surface area contributed by atoms with Gasteiger partial charge in [0.15, 0.2) is 0 Å². The SMILES string of the molecule is CC(C)(N)C(C)(C)N.O=S(=O)(O)OOS(=O)(=O)O. The smallest absolute Gasteiger partial charge is 0.324 e. The van der Waals surface area contributed by atoms with Crippen LogP contribution in [0.3, 0.4) is 0 Å². The lowest BCUT2D eigenvalue weighted by Crippen LogP contribution is -2.58. The Morgan fingerprint density at radius 2 is 0.944 bits per heavy atom. The molecule has 112 valence electrons. The maximum atomic E-state index is 9.51. The predicted molar refractivity (Wildman–Crippen MR) is 61.8 cm³/mol. The fourth-order valence-electron chi connectivity index (χ4n) is 0.0702. The molecule has 0 atom stereocenters. The molecule has 10 nitrogen and oxygen atoms in total. The van der Waals surface area contributed by atoms with Crippen molar-refractivity contribution in [3.05, 3.63) is 0 Å². The van der Waals surface area contributed by atoms with Crippen molar-refractivity contribution in [1.29, 1.82) is 0 Å². The van der Waals surface area contributed by atoms with E-state index >= 15 is 0 Å². The third kappa shape index (κ3) is 13.7. The minimum atomic E-state index is -5.02. The summed E-state index contributed by atoms with van der Waals surface area (Å²) in [5, 5.41) is 0. The van der Waals surface area contributed by atoms with Crippen LogP contribution in [-0.4, -0.2) is 37.0 Å². The van der Waals surface area contributed by atoms with Gasteiger partial charge in [-0.05, 0) is 27.7 Å². The van der Waals surface area contributed by atoms with Crippen LogP contribution in [-0.2, 0) is 29.5 Å². The first-order valence-electron chi connectivity index (χ1n) is 4.36. The van der Waals surface area contributed by atoms with Crippen LogP contribution in [0.1, 0.15) is 27.7 Å². The average Bonchev–Trinajstić information content (AvgIpc) is 1.95. The molecule has 0 aliphatic rings. The molecule has 0 amide bonds. The standard InChI is InChI=1S/C6H16N2.H2O8S2/c1-5(2,7)6(3,4)8;1-9(2,3)7-8-10(4,5)6/h7-8H2,1-4H3;(H,1,2,3)(H,4,5,6). The summed E-state index contributed by atoms with van der Waals surface area (Å²) in [5.41, 5.74) is 10.8. The summed E-state index contributed by atoms with van der Waals surface area (Å²) in [7, 11) is -10.0. The van der Waals surface area contributed by atoms with Crippen LogP contribution in [0, 0.1) is 0 Å². The molecule has 0 saturated heterocycles. The molecule has 0 bridgehead atoms. The van der Waals surface area contributed by atoms with Gasteiger partial charge in [-0.3, -0.25) is 9.11 Å². The molecule has 18 heavy (non-hydrogen) atoms. The van der Waals surface area contributed by atoms with E-state index in [0.717, 1.165) is 0 Å². The highest BCUT2D eigenvalue weighted by Crippen LogP contribution is 2.13. The summed E-state index contributed by atoms with van der Waals surface area (Å²) in [6.07, 6.45) is 0. The molecular weight excluding hydrogens is 292 g/mol. The molecule has 12 heteroatoms. The molecule has 0 aliphatic carbocycles. The van der Waals surface area contributed by atoms with Crippen LogP contribution >= 0.6 is 0 Å². The lowest BCUT2D eigenvalue weighted by atomic mass is 9.85. The number of rotatable bonds is 4. The Bertz CT molecular complexity index is 397. The zero-order valence-electron chi connectivity index (χ0n) is 10.3. The van der Waals surface area contributed by atoms with E-state index in [-0.39, 0.29) is 11.1 Å². The fraction of sp³-hybridized carbons (Fsp3) is 1.00. The molecular formula is C6H18N2O8S2. The highest BCUT2D eigenvalue weighted by atomic mass is 32.3. The second-order valence-electron chi connectivity index (χ2n) is 4.43. The van der Waals surface area contributed by atoms with Gasteiger partial charge in [-0.15, -0.1) is 0 Å². The van der Waals surface area contributed by atoms with Crippen molar-refractivity contribution in [2.75, 3.05) is 0 Å². The first-order chi connectivity index (χ1) is 7.46. The molecule has 0 aromatic carbocycles. The van der Waals surface area contributed by atoms with Crippen LogP contribution in [0.4, 0.5) is 0 Å². The minimum absolute atomic E-state index is 0.285. The molecule has 0 aromatic heterocycles. The van der Waals surface area contributed by atoms with E-state index in [4.69, 9.17) is 20.6 Å². The average molecular weight is 310 g/mol. The summed E-state index contributed by atoms with van der Waals surface area (Å²) in [6, 6.07) is 0. The summed E-state index contributed by atoms with van der Waals surface area (Å²) in [5.74, 6) is 0. The first-order valence-corrected chi connectivity index (χ1v) is 7.09. The quantitative estimate of drug-likeness (QED) is 0.286. The van der Waals surface area contributed by atoms with E-state index in [1.54, 1.807) is 0 Å². The van der Waals surface area contributed by atoms with Gasteiger partial charge >= 0.3 is 20.8 Å². The predicted octanol–water partition coefficient (Wildman–Crippen LogP) is -0.999. The van der Waals surface area contributed by atoms with Crippen LogP contribution in [0.25, 0.3) is 0 Å². The van der Waals surface area contributed by atoms with Crippen molar-refractivity contribution in [1.82, 2.24) is 0 Å².